The second-order valence-electron chi connectivity index (χ2n) is 5.32. The lowest BCUT2D eigenvalue weighted by Gasteiger charge is -2.15. The third-order valence-corrected chi connectivity index (χ3v) is 2.75. The van der Waals surface area contributed by atoms with Gasteiger partial charge in [0.2, 0.25) is 0 Å². The van der Waals surface area contributed by atoms with Gasteiger partial charge in [0.05, 0.1) is 12.7 Å². The molecule has 0 saturated carbocycles. The third kappa shape index (κ3) is 7.99. The Morgan fingerprint density at radius 3 is 2.67 bits per heavy atom. The van der Waals surface area contributed by atoms with Gasteiger partial charge in [0.25, 0.3) is 0 Å². The van der Waals surface area contributed by atoms with E-state index in [9.17, 15) is 9.50 Å². The molecule has 0 heterocycles. The lowest BCUT2D eigenvalue weighted by molar-refractivity contribution is -0.0123. The average Bonchev–Trinajstić information content (AvgIpc) is 2.42. The summed E-state index contributed by atoms with van der Waals surface area (Å²) in [6.07, 6.45) is 0.364. The van der Waals surface area contributed by atoms with Crippen molar-refractivity contribution in [1.82, 2.24) is 5.32 Å². The Hall–Kier alpha value is -1.17. The molecule has 0 aromatic heterocycles. The van der Waals surface area contributed by atoms with Crippen LogP contribution in [0.15, 0.2) is 18.2 Å². The van der Waals surface area contributed by atoms with Crippen molar-refractivity contribution in [2.75, 3.05) is 19.8 Å². The van der Waals surface area contributed by atoms with Crippen LogP contribution in [0.2, 0.25) is 0 Å². The van der Waals surface area contributed by atoms with Gasteiger partial charge in [-0.25, -0.2) is 4.39 Å². The molecule has 1 atom stereocenters. The van der Waals surface area contributed by atoms with E-state index >= 15 is 0 Å². The SMILES string of the molecule is CCCNCc1cc(F)cc(OCC(O)COC(C)C)c1. The van der Waals surface area contributed by atoms with Gasteiger partial charge in [-0.3, -0.25) is 0 Å². The van der Waals surface area contributed by atoms with Crippen LogP contribution in [0.3, 0.4) is 0 Å². The monoisotopic (exact) mass is 299 g/mol. The first-order chi connectivity index (χ1) is 10.0. The van der Waals surface area contributed by atoms with E-state index in [1.807, 2.05) is 13.8 Å². The zero-order chi connectivity index (χ0) is 15.7. The first-order valence-corrected chi connectivity index (χ1v) is 7.44. The molecule has 120 valence electrons. The second-order valence-corrected chi connectivity index (χ2v) is 5.32. The first-order valence-electron chi connectivity index (χ1n) is 7.44. The van der Waals surface area contributed by atoms with Crippen LogP contribution in [0, 0.1) is 5.82 Å². The van der Waals surface area contributed by atoms with Crippen molar-refractivity contribution >= 4 is 0 Å². The number of nitrogens with one attached hydrogen (secondary N) is 1. The predicted molar refractivity (Wildman–Crippen MR) is 81.0 cm³/mol. The number of halogens is 1. The zero-order valence-electron chi connectivity index (χ0n) is 13.1. The van der Waals surface area contributed by atoms with E-state index in [2.05, 4.69) is 12.2 Å². The van der Waals surface area contributed by atoms with Crippen molar-refractivity contribution in [2.24, 2.45) is 0 Å². The van der Waals surface area contributed by atoms with E-state index in [4.69, 9.17) is 9.47 Å². The lowest BCUT2D eigenvalue weighted by Crippen LogP contribution is -2.25. The maximum atomic E-state index is 13.5. The quantitative estimate of drug-likeness (QED) is 0.652. The van der Waals surface area contributed by atoms with Crippen LogP contribution in [0.4, 0.5) is 4.39 Å². The largest absolute Gasteiger partial charge is 0.491 e. The van der Waals surface area contributed by atoms with Gasteiger partial charge >= 0.3 is 0 Å². The van der Waals surface area contributed by atoms with Gasteiger partial charge in [-0.15, -0.1) is 0 Å². The van der Waals surface area contributed by atoms with Gasteiger partial charge in [0.1, 0.15) is 24.3 Å². The molecule has 4 nitrogen and oxygen atoms in total. The molecule has 0 amide bonds. The fourth-order valence-corrected chi connectivity index (χ4v) is 1.76. The molecule has 2 N–H and O–H groups in total. The van der Waals surface area contributed by atoms with Gasteiger partial charge in [-0.05, 0) is 44.5 Å². The fraction of sp³-hybridized carbons (Fsp3) is 0.625. The van der Waals surface area contributed by atoms with Gasteiger partial charge < -0.3 is 19.9 Å². The van der Waals surface area contributed by atoms with Crippen molar-refractivity contribution in [1.29, 1.82) is 0 Å². The van der Waals surface area contributed by atoms with E-state index in [-0.39, 0.29) is 25.1 Å². The summed E-state index contributed by atoms with van der Waals surface area (Å²) in [6.45, 7) is 7.65. The molecule has 0 aliphatic heterocycles. The highest BCUT2D eigenvalue weighted by molar-refractivity contribution is 5.29. The summed E-state index contributed by atoms with van der Waals surface area (Å²) in [5.74, 6) is 0.0839. The Morgan fingerprint density at radius 1 is 1.24 bits per heavy atom. The Bertz CT molecular complexity index is 413. The molecule has 0 radical (unpaired) electrons. The molecule has 5 heteroatoms. The number of aliphatic hydroxyl groups excluding tert-OH is 1. The molecule has 0 spiro atoms. The molecule has 1 rings (SSSR count). The molecule has 1 aromatic rings. The molecule has 0 saturated heterocycles. The highest BCUT2D eigenvalue weighted by atomic mass is 19.1. The lowest BCUT2D eigenvalue weighted by atomic mass is 10.2. The number of hydrogen-bond acceptors (Lipinski definition) is 4. The number of hydrogen-bond donors (Lipinski definition) is 2. The standard InChI is InChI=1S/C16H26FNO3/c1-4-5-18-9-13-6-14(17)8-16(7-13)21-11-15(19)10-20-12(2)3/h6-8,12,15,18-19H,4-5,9-11H2,1-3H3. The summed E-state index contributed by atoms with van der Waals surface area (Å²) in [6, 6.07) is 4.58. The van der Waals surface area contributed by atoms with Crippen molar-refractivity contribution in [3.8, 4) is 5.75 Å². The maximum Gasteiger partial charge on any atom is 0.127 e. The van der Waals surface area contributed by atoms with Crippen LogP contribution in [-0.2, 0) is 11.3 Å². The molecule has 1 unspecified atom stereocenters. The van der Waals surface area contributed by atoms with E-state index in [0.717, 1.165) is 18.5 Å². The molecule has 0 aliphatic carbocycles. The van der Waals surface area contributed by atoms with Crippen molar-refractivity contribution in [2.45, 2.75) is 45.9 Å². The summed E-state index contributed by atoms with van der Waals surface area (Å²) in [5.41, 5.74) is 0.825. The van der Waals surface area contributed by atoms with Crippen LogP contribution in [0.1, 0.15) is 32.8 Å². The molecule has 1 aromatic carbocycles. The summed E-state index contributed by atoms with van der Waals surface area (Å²) < 4.78 is 24.2. The molecule has 0 fully saturated rings. The highest BCUT2D eigenvalue weighted by Gasteiger charge is 2.08. The summed E-state index contributed by atoms with van der Waals surface area (Å²) >= 11 is 0. The Labute approximate surface area is 126 Å². The summed E-state index contributed by atoms with van der Waals surface area (Å²) in [4.78, 5) is 0. The first kappa shape index (κ1) is 17.9. The van der Waals surface area contributed by atoms with Crippen LogP contribution in [-0.4, -0.2) is 37.1 Å². The number of ether oxygens (including phenoxy) is 2. The van der Waals surface area contributed by atoms with Crippen molar-refractivity contribution < 1.29 is 19.0 Å². The van der Waals surface area contributed by atoms with E-state index in [0.29, 0.717) is 12.3 Å². The normalized spacial score (nSPS) is 12.7. The van der Waals surface area contributed by atoms with Gasteiger partial charge in [0.15, 0.2) is 0 Å². The van der Waals surface area contributed by atoms with Crippen molar-refractivity contribution in [3.05, 3.63) is 29.6 Å². The number of benzene rings is 1. The summed E-state index contributed by atoms with van der Waals surface area (Å²) in [5, 5.41) is 12.9. The number of rotatable bonds is 10. The van der Waals surface area contributed by atoms with Crippen LogP contribution in [0.25, 0.3) is 0 Å². The van der Waals surface area contributed by atoms with Crippen LogP contribution < -0.4 is 10.1 Å². The number of aliphatic hydroxyl groups is 1. The summed E-state index contributed by atoms with van der Waals surface area (Å²) in [7, 11) is 0. The van der Waals surface area contributed by atoms with Crippen LogP contribution >= 0.6 is 0 Å². The molecular weight excluding hydrogens is 273 g/mol. The molecule has 21 heavy (non-hydrogen) atoms. The van der Waals surface area contributed by atoms with Crippen LogP contribution in [0.5, 0.6) is 5.75 Å². The van der Waals surface area contributed by atoms with E-state index in [1.165, 1.54) is 12.1 Å². The smallest absolute Gasteiger partial charge is 0.127 e. The minimum atomic E-state index is -0.725. The Morgan fingerprint density at radius 2 is 2.00 bits per heavy atom. The minimum Gasteiger partial charge on any atom is -0.491 e. The maximum absolute atomic E-state index is 13.5. The molecular formula is C16H26FNO3. The Balaban J connectivity index is 2.46. The molecule has 0 aliphatic rings. The highest BCUT2D eigenvalue weighted by Crippen LogP contribution is 2.17. The predicted octanol–water partition coefficient (Wildman–Crippen LogP) is 2.49. The van der Waals surface area contributed by atoms with Gasteiger partial charge in [-0.2, -0.15) is 0 Å². The average molecular weight is 299 g/mol. The van der Waals surface area contributed by atoms with E-state index < -0.39 is 6.10 Å². The van der Waals surface area contributed by atoms with E-state index in [1.54, 1.807) is 6.07 Å². The second kappa shape index (κ2) is 9.71. The van der Waals surface area contributed by atoms with Gasteiger partial charge in [-0.1, -0.05) is 6.92 Å². The topological polar surface area (TPSA) is 50.7 Å². The third-order valence-electron chi connectivity index (χ3n) is 2.75. The zero-order valence-corrected chi connectivity index (χ0v) is 13.1. The van der Waals surface area contributed by atoms with Gasteiger partial charge in [0, 0.05) is 12.6 Å². The Kier molecular flexibility index (Phi) is 8.27. The fourth-order valence-electron chi connectivity index (χ4n) is 1.76. The minimum absolute atomic E-state index is 0.0602. The molecule has 0 bridgehead atoms. The van der Waals surface area contributed by atoms with Crippen molar-refractivity contribution in [3.63, 3.8) is 0 Å².